The molecular weight excluding hydrogens is 584 g/mol. The number of rotatable bonds is 6. The second kappa shape index (κ2) is 11.4. The number of para-hydroxylation sites is 1. The van der Waals surface area contributed by atoms with E-state index in [2.05, 4.69) is 36.1 Å². The minimum atomic E-state index is -0.594. The van der Waals surface area contributed by atoms with E-state index in [1.807, 2.05) is 42.5 Å². The smallest absolute Gasteiger partial charge is 0.265 e. The molecule has 6 heterocycles. The van der Waals surface area contributed by atoms with Crippen LogP contribution in [0.1, 0.15) is 28.8 Å². The number of hydrogen-bond donors (Lipinski definition) is 1. The Balaban J connectivity index is 0.828. The molecule has 46 heavy (non-hydrogen) atoms. The monoisotopic (exact) mass is 618 g/mol. The summed E-state index contributed by atoms with van der Waals surface area (Å²) in [5.41, 5.74) is 3.96. The van der Waals surface area contributed by atoms with E-state index in [-0.39, 0.29) is 29.7 Å². The van der Waals surface area contributed by atoms with Crippen LogP contribution >= 0.6 is 0 Å². The van der Waals surface area contributed by atoms with Crippen molar-refractivity contribution in [3.8, 4) is 5.69 Å². The van der Waals surface area contributed by atoms with Crippen LogP contribution in [0.25, 0.3) is 16.6 Å². The van der Waals surface area contributed by atoms with Crippen molar-refractivity contribution in [2.75, 3.05) is 55.6 Å². The quantitative estimate of drug-likeness (QED) is 0.322. The topological polar surface area (TPSA) is 124 Å². The second-order valence-corrected chi connectivity index (χ2v) is 12.6. The molecule has 12 heteroatoms. The predicted molar refractivity (Wildman–Crippen MR) is 172 cm³/mol. The normalized spacial score (nSPS) is 20.7. The van der Waals surface area contributed by atoms with E-state index in [9.17, 15) is 19.2 Å². The summed E-state index contributed by atoms with van der Waals surface area (Å²) in [6.07, 6.45) is 3.92. The van der Waals surface area contributed by atoms with Gasteiger partial charge in [-0.1, -0.05) is 12.1 Å². The Morgan fingerprint density at radius 3 is 2.43 bits per heavy atom. The average Bonchev–Trinajstić information content (AvgIpc) is 3.38. The van der Waals surface area contributed by atoms with Crippen molar-refractivity contribution in [3.05, 3.63) is 88.6 Å². The highest BCUT2D eigenvalue weighted by Crippen LogP contribution is 2.33. The van der Waals surface area contributed by atoms with Gasteiger partial charge in [0.15, 0.2) is 0 Å². The summed E-state index contributed by atoms with van der Waals surface area (Å²) in [4.78, 5) is 67.7. The third-order valence-corrected chi connectivity index (χ3v) is 9.72. The number of piperazine rings is 1. The molecule has 12 nitrogen and oxygen atoms in total. The van der Waals surface area contributed by atoms with Crippen LogP contribution < -0.4 is 20.7 Å². The summed E-state index contributed by atoms with van der Waals surface area (Å²) < 4.78 is 1.54. The maximum atomic E-state index is 13.0. The zero-order valence-corrected chi connectivity index (χ0v) is 25.3. The minimum Gasteiger partial charge on any atom is -0.371 e. The molecular formula is C34H34N8O4. The van der Waals surface area contributed by atoms with Gasteiger partial charge in [-0.25, -0.2) is 9.97 Å². The van der Waals surface area contributed by atoms with E-state index in [0.29, 0.717) is 41.0 Å². The van der Waals surface area contributed by atoms with Crippen LogP contribution in [-0.2, 0) is 16.1 Å². The lowest BCUT2D eigenvalue weighted by Crippen LogP contribution is -2.55. The Labute approximate surface area is 265 Å². The van der Waals surface area contributed by atoms with Gasteiger partial charge in [0.05, 0.1) is 22.8 Å². The second-order valence-electron chi connectivity index (χ2n) is 12.6. The number of hydrogen-bond acceptors (Lipinski definition) is 9. The molecule has 2 aromatic heterocycles. The number of carbonyl (C=O) groups is 3. The number of fused-ring (bicyclic) bond motifs is 2. The number of carbonyl (C=O) groups excluding carboxylic acids is 3. The highest BCUT2D eigenvalue weighted by Gasteiger charge is 2.39. The lowest BCUT2D eigenvalue weighted by molar-refractivity contribution is -0.136. The molecule has 3 fully saturated rings. The molecule has 0 aliphatic carbocycles. The molecule has 1 N–H and O–H groups in total. The molecule has 0 bridgehead atoms. The number of nitrogens with one attached hydrogen (secondary N) is 1. The average molecular weight is 619 g/mol. The van der Waals surface area contributed by atoms with Crippen LogP contribution in [0.2, 0.25) is 0 Å². The van der Waals surface area contributed by atoms with Crippen LogP contribution in [0.4, 0.5) is 11.5 Å². The lowest BCUT2D eigenvalue weighted by atomic mass is 9.97. The number of nitrogens with zero attached hydrogens (tertiary/aromatic N) is 7. The molecule has 3 saturated heterocycles. The zero-order chi connectivity index (χ0) is 31.4. The maximum absolute atomic E-state index is 13.0. The first-order valence-corrected chi connectivity index (χ1v) is 15.8. The maximum Gasteiger partial charge on any atom is 0.265 e. The van der Waals surface area contributed by atoms with Crippen molar-refractivity contribution in [1.29, 1.82) is 0 Å². The third-order valence-electron chi connectivity index (χ3n) is 9.72. The van der Waals surface area contributed by atoms with Crippen molar-refractivity contribution in [3.63, 3.8) is 0 Å². The first-order chi connectivity index (χ1) is 22.4. The van der Waals surface area contributed by atoms with Gasteiger partial charge in [0.25, 0.3) is 11.5 Å². The largest absolute Gasteiger partial charge is 0.371 e. The Morgan fingerprint density at radius 1 is 0.848 bits per heavy atom. The molecule has 0 spiro atoms. The Bertz CT molecular complexity index is 1910. The molecule has 8 rings (SSSR count). The summed E-state index contributed by atoms with van der Waals surface area (Å²) in [7, 11) is 0. The fourth-order valence-electron chi connectivity index (χ4n) is 7.14. The van der Waals surface area contributed by atoms with Crippen LogP contribution in [-0.4, -0.2) is 93.9 Å². The van der Waals surface area contributed by atoms with Gasteiger partial charge in [0, 0.05) is 75.9 Å². The van der Waals surface area contributed by atoms with E-state index < -0.39 is 6.04 Å². The number of aromatic nitrogens is 3. The van der Waals surface area contributed by atoms with Crippen LogP contribution in [0.5, 0.6) is 0 Å². The number of benzene rings is 2. The first kappa shape index (κ1) is 28.4. The van der Waals surface area contributed by atoms with Gasteiger partial charge in [-0.3, -0.25) is 34.0 Å². The van der Waals surface area contributed by atoms with Gasteiger partial charge in [-0.15, -0.1) is 0 Å². The van der Waals surface area contributed by atoms with Gasteiger partial charge in [-0.2, -0.15) is 0 Å². The van der Waals surface area contributed by atoms with Crippen LogP contribution in [0.3, 0.4) is 0 Å². The van der Waals surface area contributed by atoms with Gasteiger partial charge in [-0.05, 0) is 54.4 Å². The highest BCUT2D eigenvalue weighted by atomic mass is 16.2. The summed E-state index contributed by atoms with van der Waals surface area (Å²) in [5.74, 6) is 0.686. The fourth-order valence-corrected chi connectivity index (χ4v) is 7.14. The molecule has 234 valence electrons. The molecule has 3 amide bonds. The van der Waals surface area contributed by atoms with E-state index in [0.717, 1.165) is 62.9 Å². The molecule has 4 aliphatic rings. The van der Waals surface area contributed by atoms with Crippen molar-refractivity contribution in [2.24, 2.45) is 5.92 Å². The van der Waals surface area contributed by atoms with Gasteiger partial charge < -0.3 is 14.7 Å². The Kier molecular flexibility index (Phi) is 7.01. The van der Waals surface area contributed by atoms with Crippen molar-refractivity contribution >= 4 is 40.1 Å². The molecule has 2 aromatic carbocycles. The molecule has 1 atom stereocenters. The summed E-state index contributed by atoms with van der Waals surface area (Å²) in [5, 5.41) is 2.95. The molecule has 4 aliphatic heterocycles. The number of pyridine rings is 1. The Hall–Kier alpha value is -5.10. The standard InChI is InChI=1S/C34H34N8O4/c43-31-10-8-29(32(44)37-31)41-20-23-15-24(5-7-26(23)33(41)45)40-18-22(19-40)17-38-11-13-39(14-12-38)30-9-6-25(16-35-30)42-21-36-28-4-2-1-3-27(28)34(42)46/h1-7,9,15-16,21-22,29H,8,10-14,17-20H2,(H,37,43,44). The third kappa shape index (κ3) is 5.08. The number of imide groups is 1. The predicted octanol–water partition coefficient (Wildman–Crippen LogP) is 1.80. The van der Waals surface area contributed by atoms with E-state index in [1.54, 1.807) is 23.5 Å². The number of piperidine rings is 1. The molecule has 0 saturated carbocycles. The van der Waals surface area contributed by atoms with E-state index in [4.69, 9.17) is 0 Å². The number of amides is 3. The molecule has 4 aromatic rings. The van der Waals surface area contributed by atoms with Crippen LogP contribution in [0, 0.1) is 5.92 Å². The minimum absolute atomic E-state index is 0.106. The van der Waals surface area contributed by atoms with Gasteiger partial charge in [0.2, 0.25) is 11.8 Å². The SMILES string of the molecule is O=C1CCC(N2Cc3cc(N4CC(CN5CCN(c6ccc(-n7cnc8ccccc8c7=O)cn6)CC5)C4)ccc3C2=O)C(=O)N1. The Morgan fingerprint density at radius 2 is 1.65 bits per heavy atom. The molecule has 1 unspecified atom stereocenters. The van der Waals surface area contributed by atoms with E-state index >= 15 is 0 Å². The van der Waals surface area contributed by atoms with E-state index in [1.165, 1.54) is 4.57 Å². The zero-order valence-electron chi connectivity index (χ0n) is 25.3. The first-order valence-electron chi connectivity index (χ1n) is 15.8. The van der Waals surface area contributed by atoms with Crippen molar-refractivity contribution in [2.45, 2.75) is 25.4 Å². The van der Waals surface area contributed by atoms with Crippen molar-refractivity contribution in [1.82, 2.24) is 29.7 Å². The fraction of sp³-hybridized carbons (Fsp3) is 0.353. The lowest BCUT2D eigenvalue weighted by Gasteiger charge is -2.45. The van der Waals surface area contributed by atoms with Gasteiger partial charge >= 0.3 is 0 Å². The summed E-state index contributed by atoms with van der Waals surface area (Å²) in [6.45, 7) is 7.08. The summed E-state index contributed by atoms with van der Waals surface area (Å²) in [6, 6.07) is 16.6. The number of anilines is 2. The highest BCUT2D eigenvalue weighted by molar-refractivity contribution is 6.05. The van der Waals surface area contributed by atoms with Crippen molar-refractivity contribution < 1.29 is 14.4 Å². The summed E-state index contributed by atoms with van der Waals surface area (Å²) >= 11 is 0. The molecule has 0 radical (unpaired) electrons. The van der Waals surface area contributed by atoms with Crippen LogP contribution in [0.15, 0.2) is 71.9 Å². The van der Waals surface area contributed by atoms with Gasteiger partial charge in [0.1, 0.15) is 18.2 Å².